The smallest absolute Gasteiger partial charge is 0.246 e. The molecule has 3 aliphatic heterocycles. The molecule has 6 unspecified atom stereocenters. The lowest BCUT2D eigenvalue weighted by molar-refractivity contribution is -0.142. The van der Waals surface area contributed by atoms with E-state index in [0.29, 0.717) is 28.3 Å². The highest BCUT2D eigenvalue weighted by Gasteiger charge is 2.72. The molecule has 2 aromatic carbocycles. The maximum atomic E-state index is 14.3. The zero-order valence-electron chi connectivity index (χ0n) is 23.5. The van der Waals surface area contributed by atoms with Crippen LogP contribution in [0.25, 0.3) is 0 Å². The molecule has 41 heavy (non-hydrogen) atoms. The number of ether oxygens (including phenoxy) is 2. The Balaban J connectivity index is 1.32. The fourth-order valence-electron chi connectivity index (χ4n) is 7.20. The number of rotatable bonds is 7. The Kier molecular flexibility index (Phi) is 7.32. The molecule has 6 rings (SSSR count). The Morgan fingerprint density at radius 2 is 1.85 bits per heavy atom. The number of amides is 3. The van der Waals surface area contributed by atoms with Gasteiger partial charge in [0.15, 0.2) is 0 Å². The third kappa shape index (κ3) is 4.71. The van der Waals surface area contributed by atoms with Crippen LogP contribution in [0, 0.1) is 23.7 Å². The Morgan fingerprint density at radius 3 is 2.59 bits per heavy atom. The molecule has 2 saturated heterocycles. The van der Waals surface area contributed by atoms with Crippen LogP contribution in [0.5, 0.6) is 5.75 Å². The van der Waals surface area contributed by atoms with Gasteiger partial charge in [0.05, 0.1) is 25.0 Å². The molecule has 2 N–H and O–H groups in total. The first-order valence-corrected chi connectivity index (χ1v) is 14.8. The SMILES string of the molecule is COc1ccc(NC(=O)C2[C@@H]3C=CC4(O3)C(C(=O)NC3CCCC(C)C3C)N(Cc3ccccc3Cl)C(=O)[C@H]24)cc1. The summed E-state index contributed by atoms with van der Waals surface area (Å²) in [6, 6.07) is 13.4. The fraction of sp³-hybridized carbons (Fsp3) is 0.469. The molecule has 8 nitrogen and oxygen atoms in total. The topological polar surface area (TPSA) is 97.0 Å². The normalized spacial score (nSPS) is 33.5. The van der Waals surface area contributed by atoms with Crippen LogP contribution in [0.3, 0.4) is 0 Å². The van der Waals surface area contributed by atoms with E-state index in [-0.39, 0.29) is 30.3 Å². The minimum atomic E-state index is -1.24. The predicted octanol–water partition coefficient (Wildman–Crippen LogP) is 4.58. The van der Waals surface area contributed by atoms with Crippen LogP contribution >= 0.6 is 11.6 Å². The van der Waals surface area contributed by atoms with E-state index in [1.807, 2.05) is 30.4 Å². The van der Waals surface area contributed by atoms with Crippen LogP contribution in [-0.4, -0.2) is 53.5 Å². The van der Waals surface area contributed by atoms with E-state index in [4.69, 9.17) is 21.1 Å². The van der Waals surface area contributed by atoms with Crippen molar-refractivity contribution in [2.45, 2.75) is 63.4 Å². The lowest BCUT2D eigenvalue weighted by Crippen LogP contribution is -2.57. The standard InChI is InChI=1S/C32H36ClN3O5/c1-18-7-6-10-24(19(18)2)35-30(38)28-32-16-15-25(41-32)26(29(37)34-21-11-13-22(40-3)14-12-21)27(32)31(39)36(28)17-20-8-4-5-9-23(20)33/h4-5,8-9,11-16,18-19,24-28H,6-7,10,17H2,1-3H3,(H,34,37)(H,35,38)/t18?,19?,24?,25-,26?,27-,28?,32?/m0/s1. The first-order chi connectivity index (χ1) is 19.7. The number of methoxy groups -OCH3 is 1. The summed E-state index contributed by atoms with van der Waals surface area (Å²) >= 11 is 6.50. The highest BCUT2D eigenvalue weighted by Crippen LogP contribution is 2.55. The monoisotopic (exact) mass is 577 g/mol. The second kappa shape index (κ2) is 10.8. The first kappa shape index (κ1) is 27.8. The second-order valence-electron chi connectivity index (χ2n) is 11.9. The van der Waals surface area contributed by atoms with E-state index < -0.39 is 29.6 Å². The van der Waals surface area contributed by atoms with Crippen molar-refractivity contribution in [3.8, 4) is 5.75 Å². The number of nitrogens with zero attached hydrogens (tertiary/aromatic N) is 1. The van der Waals surface area contributed by atoms with E-state index in [1.165, 1.54) is 0 Å². The number of likely N-dealkylation sites (tertiary alicyclic amines) is 1. The van der Waals surface area contributed by atoms with Gasteiger partial charge in [0.25, 0.3) is 0 Å². The van der Waals surface area contributed by atoms with Gasteiger partial charge in [0, 0.05) is 23.3 Å². The van der Waals surface area contributed by atoms with Crippen molar-refractivity contribution in [1.82, 2.24) is 10.2 Å². The van der Waals surface area contributed by atoms with Gasteiger partial charge in [-0.05, 0) is 54.2 Å². The summed E-state index contributed by atoms with van der Waals surface area (Å²) < 4.78 is 11.7. The van der Waals surface area contributed by atoms with Crippen molar-refractivity contribution in [3.63, 3.8) is 0 Å². The maximum Gasteiger partial charge on any atom is 0.246 e. The molecular formula is C32H36ClN3O5. The van der Waals surface area contributed by atoms with E-state index in [0.717, 1.165) is 24.8 Å². The largest absolute Gasteiger partial charge is 0.497 e. The molecule has 3 fully saturated rings. The number of carbonyl (C=O) groups excluding carboxylic acids is 3. The van der Waals surface area contributed by atoms with E-state index in [9.17, 15) is 14.4 Å². The molecule has 0 aromatic heterocycles. The zero-order valence-corrected chi connectivity index (χ0v) is 24.3. The number of hydrogen-bond acceptors (Lipinski definition) is 5. The number of anilines is 1. The van der Waals surface area contributed by atoms with Crippen LogP contribution in [0.4, 0.5) is 5.69 Å². The number of halogens is 1. The van der Waals surface area contributed by atoms with Crippen LogP contribution in [0.1, 0.15) is 38.7 Å². The molecular weight excluding hydrogens is 542 g/mol. The minimum Gasteiger partial charge on any atom is -0.497 e. The predicted molar refractivity (Wildman–Crippen MR) is 155 cm³/mol. The zero-order chi connectivity index (χ0) is 28.9. The lowest BCUT2D eigenvalue weighted by atomic mass is 9.73. The summed E-state index contributed by atoms with van der Waals surface area (Å²) in [5.41, 5.74) is 0.0807. The van der Waals surface area contributed by atoms with Gasteiger partial charge in [-0.15, -0.1) is 0 Å². The Morgan fingerprint density at radius 1 is 1.10 bits per heavy atom. The van der Waals surface area contributed by atoms with Crippen LogP contribution in [0.2, 0.25) is 5.02 Å². The highest BCUT2D eigenvalue weighted by molar-refractivity contribution is 6.31. The van der Waals surface area contributed by atoms with Crippen molar-refractivity contribution >= 4 is 35.0 Å². The summed E-state index contributed by atoms with van der Waals surface area (Å²) in [7, 11) is 1.58. The third-order valence-electron chi connectivity index (χ3n) is 9.62. The quantitative estimate of drug-likeness (QED) is 0.470. The summed E-state index contributed by atoms with van der Waals surface area (Å²) in [4.78, 5) is 43.7. The van der Waals surface area contributed by atoms with Crippen molar-refractivity contribution in [2.24, 2.45) is 23.7 Å². The summed E-state index contributed by atoms with van der Waals surface area (Å²) in [5, 5.41) is 6.74. The summed E-state index contributed by atoms with van der Waals surface area (Å²) in [6.45, 7) is 4.53. The molecule has 4 aliphatic rings. The van der Waals surface area contributed by atoms with E-state index in [1.54, 1.807) is 42.3 Å². The molecule has 2 bridgehead atoms. The summed E-state index contributed by atoms with van der Waals surface area (Å²) in [5.74, 6) is -0.991. The first-order valence-electron chi connectivity index (χ1n) is 14.4. The van der Waals surface area contributed by atoms with Crippen LogP contribution in [0.15, 0.2) is 60.7 Å². The van der Waals surface area contributed by atoms with Gasteiger partial charge in [-0.1, -0.05) is 68.6 Å². The van der Waals surface area contributed by atoms with Gasteiger partial charge < -0.3 is 25.0 Å². The van der Waals surface area contributed by atoms with Crippen molar-refractivity contribution in [2.75, 3.05) is 12.4 Å². The molecule has 9 heteroatoms. The molecule has 8 atom stereocenters. The van der Waals surface area contributed by atoms with Crippen LogP contribution in [-0.2, 0) is 25.7 Å². The maximum absolute atomic E-state index is 14.3. The lowest BCUT2D eigenvalue weighted by Gasteiger charge is -2.38. The average Bonchev–Trinajstić information content (AvgIpc) is 3.60. The van der Waals surface area contributed by atoms with Crippen molar-refractivity contribution < 1.29 is 23.9 Å². The number of hydrogen-bond donors (Lipinski definition) is 2. The van der Waals surface area contributed by atoms with Gasteiger partial charge in [-0.25, -0.2) is 0 Å². The van der Waals surface area contributed by atoms with Gasteiger partial charge in [-0.3, -0.25) is 14.4 Å². The number of benzene rings is 2. The van der Waals surface area contributed by atoms with Gasteiger partial charge in [0.2, 0.25) is 17.7 Å². The van der Waals surface area contributed by atoms with Gasteiger partial charge in [-0.2, -0.15) is 0 Å². The number of fused-ring (bicyclic) bond motifs is 1. The highest BCUT2D eigenvalue weighted by atomic mass is 35.5. The molecule has 0 radical (unpaired) electrons. The minimum absolute atomic E-state index is 0.00992. The number of carbonyl (C=O) groups is 3. The fourth-order valence-corrected chi connectivity index (χ4v) is 7.39. The molecule has 3 amide bonds. The van der Waals surface area contributed by atoms with Gasteiger partial charge >= 0.3 is 0 Å². The van der Waals surface area contributed by atoms with E-state index >= 15 is 0 Å². The summed E-state index contributed by atoms with van der Waals surface area (Å²) in [6.07, 6.45) is 6.13. The molecule has 3 heterocycles. The average molecular weight is 578 g/mol. The van der Waals surface area contributed by atoms with Gasteiger partial charge in [0.1, 0.15) is 17.4 Å². The van der Waals surface area contributed by atoms with Crippen molar-refractivity contribution in [3.05, 3.63) is 71.3 Å². The third-order valence-corrected chi connectivity index (χ3v) is 9.98. The van der Waals surface area contributed by atoms with Crippen LogP contribution < -0.4 is 15.4 Å². The Hall–Kier alpha value is -3.36. The van der Waals surface area contributed by atoms with E-state index in [2.05, 4.69) is 24.5 Å². The molecule has 1 aliphatic carbocycles. The molecule has 216 valence electrons. The molecule has 1 saturated carbocycles. The Bertz CT molecular complexity index is 1380. The molecule has 2 aromatic rings. The molecule has 1 spiro atoms. The second-order valence-corrected chi connectivity index (χ2v) is 12.3. The number of nitrogens with one attached hydrogen (secondary N) is 2. The Labute approximate surface area is 245 Å². The van der Waals surface area contributed by atoms with Crippen molar-refractivity contribution in [1.29, 1.82) is 0 Å².